The Morgan fingerprint density at radius 2 is 1.82 bits per heavy atom. The fraction of sp³-hybridized carbons (Fsp3) is 0.600. The number of nitrogens with one attached hydrogen (secondary N) is 1. The van der Waals surface area contributed by atoms with Gasteiger partial charge in [-0.2, -0.15) is 0 Å². The molecule has 0 spiro atoms. The molecule has 0 saturated heterocycles. The minimum absolute atomic E-state index is 0.316. The average molecular weight is 232 g/mol. The molecule has 1 aliphatic rings. The Balaban J connectivity index is 2.16. The lowest BCUT2D eigenvalue weighted by molar-refractivity contribution is 0.478. The van der Waals surface area contributed by atoms with E-state index in [1.54, 1.807) is 0 Å². The molecular weight excluding hydrogens is 208 g/mol. The number of rotatable bonds is 5. The van der Waals surface area contributed by atoms with Gasteiger partial charge in [-0.15, -0.1) is 0 Å². The summed E-state index contributed by atoms with van der Waals surface area (Å²) >= 11 is 0. The molecule has 94 valence electrons. The summed E-state index contributed by atoms with van der Waals surface area (Å²) in [7, 11) is 0. The zero-order chi connectivity index (χ0) is 12.4. The molecule has 1 aromatic rings. The molecule has 1 fully saturated rings. The Labute approximate surface area is 105 Å². The molecule has 1 aliphatic carbocycles. The third-order valence-corrected chi connectivity index (χ3v) is 3.85. The van der Waals surface area contributed by atoms with Crippen LogP contribution in [-0.2, 0) is 0 Å². The molecular formula is C15H24N2. The minimum atomic E-state index is 0.316. The van der Waals surface area contributed by atoms with Crippen molar-refractivity contribution < 1.29 is 0 Å². The lowest BCUT2D eigenvalue weighted by atomic mass is 9.91. The quantitative estimate of drug-likeness (QED) is 0.604. The van der Waals surface area contributed by atoms with Gasteiger partial charge in [-0.3, -0.25) is 11.3 Å². The number of hydrogen-bond acceptors (Lipinski definition) is 2. The van der Waals surface area contributed by atoms with Crippen molar-refractivity contribution in [3.8, 4) is 0 Å². The van der Waals surface area contributed by atoms with E-state index in [1.165, 1.54) is 41.5 Å². The third-order valence-electron chi connectivity index (χ3n) is 3.85. The van der Waals surface area contributed by atoms with Crippen molar-refractivity contribution in [2.24, 2.45) is 11.8 Å². The Bertz CT molecular complexity index is 371. The van der Waals surface area contributed by atoms with E-state index in [4.69, 9.17) is 5.84 Å². The van der Waals surface area contributed by atoms with Gasteiger partial charge in [0, 0.05) is 6.04 Å². The molecule has 1 atom stereocenters. The van der Waals surface area contributed by atoms with E-state index < -0.39 is 0 Å². The van der Waals surface area contributed by atoms with E-state index in [-0.39, 0.29) is 0 Å². The molecule has 2 rings (SSSR count). The normalized spacial score (nSPS) is 17.2. The maximum Gasteiger partial charge on any atom is 0.0465 e. The van der Waals surface area contributed by atoms with Crippen LogP contribution in [0.4, 0.5) is 0 Å². The second-order valence-electron chi connectivity index (χ2n) is 5.55. The monoisotopic (exact) mass is 232 g/mol. The maximum atomic E-state index is 5.74. The van der Waals surface area contributed by atoms with Crippen molar-refractivity contribution >= 4 is 0 Å². The van der Waals surface area contributed by atoms with E-state index in [0.29, 0.717) is 6.04 Å². The summed E-state index contributed by atoms with van der Waals surface area (Å²) in [5, 5.41) is 0. The summed E-state index contributed by atoms with van der Waals surface area (Å²) < 4.78 is 0. The van der Waals surface area contributed by atoms with Crippen LogP contribution in [0, 0.1) is 26.7 Å². The van der Waals surface area contributed by atoms with Crippen LogP contribution in [0.3, 0.4) is 0 Å². The number of hydrogen-bond donors (Lipinski definition) is 2. The van der Waals surface area contributed by atoms with Crippen molar-refractivity contribution in [2.45, 2.75) is 52.5 Å². The van der Waals surface area contributed by atoms with Gasteiger partial charge in [-0.25, -0.2) is 0 Å². The van der Waals surface area contributed by atoms with Crippen molar-refractivity contribution in [1.82, 2.24) is 5.43 Å². The van der Waals surface area contributed by atoms with Crippen LogP contribution in [0.2, 0.25) is 0 Å². The van der Waals surface area contributed by atoms with E-state index in [2.05, 4.69) is 38.3 Å². The summed E-state index contributed by atoms with van der Waals surface area (Å²) in [6.45, 7) is 6.53. The van der Waals surface area contributed by atoms with Gasteiger partial charge in [-0.1, -0.05) is 30.5 Å². The van der Waals surface area contributed by atoms with Gasteiger partial charge in [0.15, 0.2) is 0 Å². The molecule has 1 unspecified atom stereocenters. The second kappa shape index (κ2) is 5.19. The van der Waals surface area contributed by atoms with Crippen LogP contribution < -0.4 is 11.3 Å². The van der Waals surface area contributed by atoms with Crippen LogP contribution in [0.15, 0.2) is 12.1 Å². The molecule has 0 aromatic heterocycles. The van der Waals surface area contributed by atoms with Crippen molar-refractivity contribution in [3.05, 3.63) is 34.4 Å². The molecule has 1 saturated carbocycles. The molecule has 1 aromatic carbocycles. The second-order valence-corrected chi connectivity index (χ2v) is 5.55. The molecule has 0 bridgehead atoms. The van der Waals surface area contributed by atoms with Crippen molar-refractivity contribution in [1.29, 1.82) is 0 Å². The van der Waals surface area contributed by atoms with E-state index in [9.17, 15) is 0 Å². The SMILES string of the molecule is Cc1cc(C)c(C(CCC2CC2)NN)c(C)c1. The van der Waals surface area contributed by atoms with Gasteiger partial charge < -0.3 is 0 Å². The van der Waals surface area contributed by atoms with Gasteiger partial charge in [0.05, 0.1) is 0 Å². The van der Waals surface area contributed by atoms with Crippen LogP contribution in [0.1, 0.15) is 54.0 Å². The largest absolute Gasteiger partial charge is 0.271 e. The maximum absolute atomic E-state index is 5.74. The topological polar surface area (TPSA) is 38.0 Å². The molecule has 17 heavy (non-hydrogen) atoms. The van der Waals surface area contributed by atoms with Crippen LogP contribution in [0.5, 0.6) is 0 Å². The first kappa shape index (κ1) is 12.6. The van der Waals surface area contributed by atoms with Crippen LogP contribution in [-0.4, -0.2) is 0 Å². The molecule has 0 radical (unpaired) electrons. The summed E-state index contributed by atoms with van der Waals surface area (Å²) in [5.74, 6) is 6.71. The molecule has 2 nitrogen and oxygen atoms in total. The predicted molar refractivity (Wildman–Crippen MR) is 72.7 cm³/mol. The summed E-state index contributed by atoms with van der Waals surface area (Å²) in [5.41, 5.74) is 8.46. The average Bonchev–Trinajstić information content (AvgIpc) is 3.05. The van der Waals surface area contributed by atoms with Gasteiger partial charge in [0.1, 0.15) is 0 Å². The highest BCUT2D eigenvalue weighted by Gasteiger charge is 2.23. The summed E-state index contributed by atoms with van der Waals surface area (Å²) in [6.07, 6.45) is 5.31. The molecule has 0 amide bonds. The highest BCUT2D eigenvalue weighted by molar-refractivity contribution is 5.39. The molecule has 3 N–H and O–H groups in total. The Morgan fingerprint density at radius 1 is 1.24 bits per heavy atom. The van der Waals surface area contributed by atoms with Crippen molar-refractivity contribution in [2.75, 3.05) is 0 Å². The third kappa shape index (κ3) is 3.08. The Hall–Kier alpha value is -0.860. The van der Waals surface area contributed by atoms with Gasteiger partial charge in [-0.05, 0) is 56.2 Å². The first-order valence-electron chi connectivity index (χ1n) is 6.65. The van der Waals surface area contributed by atoms with Crippen molar-refractivity contribution in [3.63, 3.8) is 0 Å². The summed E-state index contributed by atoms with van der Waals surface area (Å²) in [6, 6.07) is 4.82. The van der Waals surface area contributed by atoms with Gasteiger partial charge in [0.2, 0.25) is 0 Å². The standard InChI is InChI=1S/C15H24N2/c1-10-8-11(2)15(12(3)9-10)14(17-16)7-6-13-4-5-13/h8-9,13-14,17H,4-7,16H2,1-3H3. The molecule has 0 aliphatic heterocycles. The number of hydrazine groups is 1. The lowest BCUT2D eigenvalue weighted by Crippen LogP contribution is -2.29. The van der Waals surface area contributed by atoms with Crippen LogP contribution >= 0.6 is 0 Å². The van der Waals surface area contributed by atoms with E-state index >= 15 is 0 Å². The highest BCUT2D eigenvalue weighted by atomic mass is 15.2. The summed E-state index contributed by atoms with van der Waals surface area (Å²) in [4.78, 5) is 0. The Morgan fingerprint density at radius 3 is 2.29 bits per heavy atom. The fourth-order valence-electron chi connectivity index (χ4n) is 2.86. The van der Waals surface area contributed by atoms with Crippen LogP contribution in [0.25, 0.3) is 0 Å². The number of benzene rings is 1. The lowest BCUT2D eigenvalue weighted by Gasteiger charge is -2.21. The van der Waals surface area contributed by atoms with Gasteiger partial charge >= 0.3 is 0 Å². The number of aryl methyl sites for hydroxylation is 3. The van der Waals surface area contributed by atoms with E-state index in [1.807, 2.05) is 0 Å². The molecule has 0 heterocycles. The number of nitrogens with two attached hydrogens (primary N) is 1. The zero-order valence-electron chi connectivity index (χ0n) is 11.2. The fourth-order valence-corrected chi connectivity index (χ4v) is 2.86. The smallest absolute Gasteiger partial charge is 0.0465 e. The first-order valence-corrected chi connectivity index (χ1v) is 6.65. The minimum Gasteiger partial charge on any atom is -0.271 e. The zero-order valence-corrected chi connectivity index (χ0v) is 11.2. The van der Waals surface area contributed by atoms with E-state index in [0.717, 1.165) is 12.3 Å². The Kier molecular flexibility index (Phi) is 3.85. The predicted octanol–water partition coefficient (Wildman–Crippen LogP) is 3.31. The molecule has 2 heteroatoms. The van der Waals surface area contributed by atoms with Gasteiger partial charge in [0.25, 0.3) is 0 Å². The first-order chi connectivity index (χ1) is 8.11. The highest BCUT2D eigenvalue weighted by Crippen LogP contribution is 2.36.